The van der Waals surface area contributed by atoms with Gasteiger partial charge in [0.25, 0.3) is 0 Å². The molecular formula is C22H29Cl2N3O. The highest BCUT2D eigenvalue weighted by atomic mass is 35.5. The van der Waals surface area contributed by atoms with Crippen LogP contribution in [0.4, 0.5) is 4.79 Å². The van der Waals surface area contributed by atoms with Gasteiger partial charge in [0.15, 0.2) is 0 Å². The molecule has 0 unspecified atom stereocenters. The number of carbonyl (C=O) groups is 1. The minimum Gasteiger partial charge on any atom is -0.333 e. The largest absolute Gasteiger partial charge is 0.333 e. The van der Waals surface area contributed by atoms with E-state index < -0.39 is 0 Å². The van der Waals surface area contributed by atoms with Gasteiger partial charge in [-0.1, -0.05) is 29.3 Å². The molecule has 4 saturated carbocycles. The van der Waals surface area contributed by atoms with Gasteiger partial charge in [0.05, 0.1) is 0 Å². The maximum absolute atomic E-state index is 13.0. The number of amides is 2. The molecule has 0 aromatic heterocycles. The van der Waals surface area contributed by atoms with Gasteiger partial charge in [0.1, 0.15) is 0 Å². The summed E-state index contributed by atoms with van der Waals surface area (Å²) in [6.45, 7) is 4.13. The average Bonchev–Trinajstić information content (AvgIpc) is 2.63. The number of hydrogen-bond donors (Lipinski definition) is 1. The molecule has 5 aliphatic rings. The van der Waals surface area contributed by atoms with Gasteiger partial charge < -0.3 is 10.2 Å². The molecule has 5 fully saturated rings. The van der Waals surface area contributed by atoms with Crippen LogP contribution in [-0.2, 0) is 6.54 Å². The van der Waals surface area contributed by atoms with E-state index >= 15 is 0 Å². The first-order valence-electron chi connectivity index (χ1n) is 10.7. The summed E-state index contributed by atoms with van der Waals surface area (Å²) in [4.78, 5) is 17.4. The van der Waals surface area contributed by atoms with Crippen molar-refractivity contribution in [1.29, 1.82) is 0 Å². The Hall–Kier alpha value is -0.970. The molecule has 2 amide bonds. The van der Waals surface area contributed by atoms with E-state index in [0.29, 0.717) is 5.02 Å². The summed E-state index contributed by atoms with van der Waals surface area (Å²) in [6, 6.07) is 5.84. The van der Waals surface area contributed by atoms with Crippen LogP contribution >= 0.6 is 23.2 Å². The second kappa shape index (κ2) is 7.37. The lowest BCUT2D eigenvalue weighted by atomic mass is 9.53. The smallest absolute Gasteiger partial charge is 0.317 e. The van der Waals surface area contributed by atoms with E-state index in [1.165, 1.54) is 38.5 Å². The van der Waals surface area contributed by atoms with Gasteiger partial charge in [-0.3, -0.25) is 4.90 Å². The standard InChI is InChI=1S/C22H29Cl2N3O/c23-19-2-1-18(20(24)10-19)14-26-3-5-27(6-4-26)21(28)25-22-11-15-7-16(12-22)9-17(8-15)13-22/h1-2,10,15-17H,3-9,11-14H2,(H,25,28). The summed E-state index contributed by atoms with van der Waals surface area (Å²) in [5.41, 5.74) is 1.19. The average molecular weight is 422 g/mol. The Morgan fingerprint density at radius 3 is 2.18 bits per heavy atom. The molecule has 1 N–H and O–H groups in total. The highest BCUT2D eigenvalue weighted by molar-refractivity contribution is 6.35. The molecule has 28 heavy (non-hydrogen) atoms. The first kappa shape index (κ1) is 19.0. The molecule has 0 atom stereocenters. The molecule has 4 bridgehead atoms. The maximum atomic E-state index is 13.0. The highest BCUT2D eigenvalue weighted by Crippen LogP contribution is 2.55. The van der Waals surface area contributed by atoms with Crippen molar-refractivity contribution < 1.29 is 4.79 Å². The van der Waals surface area contributed by atoms with E-state index in [9.17, 15) is 4.79 Å². The Bertz CT molecular complexity index is 725. The van der Waals surface area contributed by atoms with Crippen LogP contribution in [0.15, 0.2) is 18.2 Å². The summed E-state index contributed by atoms with van der Waals surface area (Å²) in [5, 5.41) is 4.89. The Kier molecular flexibility index (Phi) is 5.01. The van der Waals surface area contributed by atoms with Gasteiger partial charge in [-0.2, -0.15) is 0 Å². The first-order valence-corrected chi connectivity index (χ1v) is 11.5. The fourth-order valence-electron chi connectivity index (χ4n) is 6.57. The van der Waals surface area contributed by atoms with Crippen molar-refractivity contribution in [2.75, 3.05) is 26.2 Å². The Balaban J connectivity index is 1.15. The second-order valence-electron chi connectivity index (χ2n) is 9.63. The van der Waals surface area contributed by atoms with Crippen LogP contribution in [0.25, 0.3) is 0 Å². The molecule has 152 valence electrons. The summed E-state index contributed by atoms with van der Waals surface area (Å²) in [7, 11) is 0. The van der Waals surface area contributed by atoms with Crippen molar-refractivity contribution in [3.63, 3.8) is 0 Å². The lowest BCUT2D eigenvalue weighted by Gasteiger charge is -2.57. The zero-order valence-corrected chi connectivity index (χ0v) is 17.8. The van der Waals surface area contributed by atoms with Crippen molar-refractivity contribution in [3.05, 3.63) is 33.8 Å². The van der Waals surface area contributed by atoms with Crippen LogP contribution in [0.2, 0.25) is 10.0 Å². The minimum atomic E-state index is 0.0970. The van der Waals surface area contributed by atoms with Crippen LogP contribution in [0, 0.1) is 17.8 Å². The van der Waals surface area contributed by atoms with Crippen molar-refractivity contribution >= 4 is 29.2 Å². The van der Waals surface area contributed by atoms with Gasteiger partial charge in [-0.05, 0) is 74.0 Å². The Morgan fingerprint density at radius 2 is 1.61 bits per heavy atom. The number of benzene rings is 1. The van der Waals surface area contributed by atoms with Crippen molar-refractivity contribution in [2.45, 2.75) is 50.6 Å². The minimum absolute atomic E-state index is 0.0970. The van der Waals surface area contributed by atoms with Gasteiger partial charge in [0, 0.05) is 48.3 Å². The molecule has 6 rings (SSSR count). The maximum Gasteiger partial charge on any atom is 0.317 e. The van der Waals surface area contributed by atoms with Crippen LogP contribution < -0.4 is 5.32 Å². The highest BCUT2D eigenvalue weighted by Gasteiger charge is 2.51. The number of hydrogen-bond acceptors (Lipinski definition) is 2. The molecular weight excluding hydrogens is 393 g/mol. The monoisotopic (exact) mass is 421 g/mol. The van der Waals surface area contributed by atoms with E-state index in [0.717, 1.165) is 61.1 Å². The van der Waals surface area contributed by atoms with E-state index in [1.54, 1.807) is 6.07 Å². The quantitative estimate of drug-likeness (QED) is 0.761. The van der Waals surface area contributed by atoms with E-state index in [-0.39, 0.29) is 11.6 Å². The Morgan fingerprint density at radius 1 is 1.00 bits per heavy atom. The number of halogens is 2. The lowest BCUT2D eigenvalue weighted by Crippen LogP contribution is -2.63. The molecule has 1 aromatic rings. The van der Waals surface area contributed by atoms with Gasteiger partial charge in [0.2, 0.25) is 0 Å². The topological polar surface area (TPSA) is 35.6 Å². The number of piperazine rings is 1. The second-order valence-corrected chi connectivity index (χ2v) is 10.5. The van der Waals surface area contributed by atoms with Crippen molar-refractivity contribution in [3.8, 4) is 0 Å². The zero-order chi connectivity index (χ0) is 19.3. The van der Waals surface area contributed by atoms with Crippen molar-refractivity contribution in [2.24, 2.45) is 17.8 Å². The molecule has 0 radical (unpaired) electrons. The molecule has 1 saturated heterocycles. The lowest BCUT2D eigenvalue weighted by molar-refractivity contribution is -0.0165. The predicted molar refractivity (Wildman–Crippen MR) is 113 cm³/mol. The third-order valence-corrected chi connectivity index (χ3v) is 8.07. The van der Waals surface area contributed by atoms with Gasteiger partial charge >= 0.3 is 6.03 Å². The molecule has 4 nitrogen and oxygen atoms in total. The van der Waals surface area contributed by atoms with Crippen LogP contribution in [0.5, 0.6) is 0 Å². The molecule has 4 aliphatic carbocycles. The fourth-order valence-corrected chi connectivity index (χ4v) is 7.04. The summed E-state index contributed by atoms with van der Waals surface area (Å²) in [6.07, 6.45) is 7.84. The zero-order valence-electron chi connectivity index (χ0n) is 16.3. The van der Waals surface area contributed by atoms with Crippen LogP contribution in [0.1, 0.15) is 44.1 Å². The number of rotatable bonds is 3. The molecule has 0 spiro atoms. The first-order chi connectivity index (χ1) is 13.5. The van der Waals surface area contributed by atoms with E-state index in [2.05, 4.69) is 10.2 Å². The molecule has 1 aromatic carbocycles. The van der Waals surface area contributed by atoms with Crippen LogP contribution in [-0.4, -0.2) is 47.5 Å². The number of nitrogens with zero attached hydrogens (tertiary/aromatic N) is 2. The van der Waals surface area contributed by atoms with Crippen molar-refractivity contribution in [1.82, 2.24) is 15.1 Å². The number of urea groups is 1. The normalized spacial score (nSPS) is 34.6. The summed E-state index contributed by atoms with van der Waals surface area (Å²) < 4.78 is 0. The summed E-state index contributed by atoms with van der Waals surface area (Å²) in [5.74, 6) is 2.56. The van der Waals surface area contributed by atoms with Gasteiger partial charge in [-0.25, -0.2) is 4.79 Å². The Labute approximate surface area is 177 Å². The van der Waals surface area contributed by atoms with E-state index in [1.807, 2.05) is 17.0 Å². The van der Waals surface area contributed by atoms with Crippen LogP contribution in [0.3, 0.4) is 0 Å². The predicted octanol–water partition coefficient (Wildman–Crippen LogP) is 4.79. The third kappa shape index (κ3) is 3.76. The summed E-state index contributed by atoms with van der Waals surface area (Å²) >= 11 is 12.3. The van der Waals surface area contributed by atoms with Gasteiger partial charge in [-0.15, -0.1) is 0 Å². The number of carbonyl (C=O) groups excluding carboxylic acids is 1. The fraction of sp³-hybridized carbons (Fsp3) is 0.682. The third-order valence-electron chi connectivity index (χ3n) is 7.48. The SMILES string of the molecule is O=C(NC12CC3CC(CC(C3)C1)C2)N1CCN(Cc2ccc(Cl)cc2Cl)CC1. The molecule has 1 heterocycles. The van der Waals surface area contributed by atoms with E-state index in [4.69, 9.17) is 23.2 Å². The number of nitrogens with one attached hydrogen (secondary N) is 1. The molecule has 6 heteroatoms. The molecule has 1 aliphatic heterocycles.